The van der Waals surface area contributed by atoms with Crippen molar-refractivity contribution >= 4 is 12.0 Å². The minimum atomic E-state index is -0.884. The van der Waals surface area contributed by atoms with E-state index < -0.39 is 5.97 Å². The van der Waals surface area contributed by atoms with Gasteiger partial charge in [-0.3, -0.25) is 9.78 Å². The lowest BCUT2D eigenvalue weighted by Crippen LogP contribution is -2.43. The van der Waals surface area contributed by atoms with Gasteiger partial charge >= 0.3 is 12.0 Å². The van der Waals surface area contributed by atoms with Crippen LogP contribution in [0.4, 0.5) is 4.79 Å². The van der Waals surface area contributed by atoms with E-state index in [1.165, 1.54) is 0 Å². The second-order valence-electron chi connectivity index (χ2n) is 5.02. The Hall–Kier alpha value is -2.11. The van der Waals surface area contributed by atoms with Gasteiger partial charge in [0.05, 0.1) is 12.5 Å². The third kappa shape index (κ3) is 3.94. The number of nitrogens with zero attached hydrogens (tertiary/aromatic N) is 2. The molecule has 1 fully saturated rings. The highest BCUT2D eigenvalue weighted by molar-refractivity contribution is 5.76. The van der Waals surface area contributed by atoms with Crippen LogP contribution in [0.1, 0.15) is 37.8 Å². The Balaban J connectivity index is 1.92. The molecule has 6 nitrogen and oxygen atoms in total. The van der Waals surface area contributed by atoms with Crippen LogP contribution in [0.3, 0.4) is 0 Å². The summed E-state index contributed by atoms with van der Waals surface area (Å²) in [6.07, 6.45) is 5.25. The van der Waals surface area contributed by atoms with Gasteiger partial charge < -0.3 is 15.3 Å². The molecule has 6 heteroatoms. The van der Waals surface area contributed by atoms with Gasteiger partial charge in [0.1, 0.15) is 0 Å². The lowest BCUT2D eigenvalue weighted by atomic mass is 10.1. The first-order chi connectivity index (χ1) is 9.58. The summed E-state index contributed by atoms with van der Waals surface area (Å²) in [4.78, 5) is 28.4. The van der Waals surface area contributed by atoms with Crippen molar-refractivity contribution in [3.05, 3.63) is 30.1 Å². The quantitative estimate of drug-likeness (QED) is 0.830. The van der Waals surface area contributed by atoms with Gasteiger partial charge in [0.25, 0.3) is 0 Å². The van der Waals surface area contributed by atoms with Gasteiger partial charge in [-0.15, -0.1) is 0 Å². The van der Waals surface area contributed by atoms with Gasteiger partial charge in [0, 0.05) is 25.0 Å². The third-order valence-corrected chi connectivity index (χ3v) is 3.36. The average Bonchev–Trinajstić information content (AvgIpc) is 3.24. The van der Waals surface area contributed by atoms with Crippen LogP contribution < -0.4 is 5.32 Å². The number of aliphatic carboxylic acids is 1. The molecule has 2 amide bonds. The number of rotatable bonds is 6. The van der Waals surface area contributed by atoms with Crippen LogP contribution in [0.25, 0.3) is 0 Å². The summed E-state index contributed by atoms with van der Waals surface area (Å²) in [5, 5.41) is 11.6. The second-order valence-corrected chi connectivity index (χ2v) is 5.02. The normalized spacial score (nSPS) is 15.4. The number of urea groups is 1. The van der Waals surface area contributed by atoms with E-state index in [0.717, 1.165) is 18.4 Å². The number of carboxylic acids is 1. The summed E-state index contributed by atoms with van der Waals surface area (Å²) in [5.41, 5.74) is 0.974. The maximum absolute atomic E-state index is 12.2. The van der Waals surface area contributed by atoms with E-state index in [9.17, 15) is 9.59 Å². The van der Waals surface area contributed by atoms with Crippen LogP contribution in [0.2, 0.25) is 0 Å². The first-order valence-corrected chi connectivity index (χ1v) is 6.77. The minimum Gasteiger partial charge on any atom is -0.481 e. The van der Waals surface area contributed by atoms with Crippen molar-refractivity contribution in [3.63, 3.8) is 0 Å². The number of hydrogen-bond acceptors (Lipinski definition) is 3. The summed E-state index contributed by atoms with van der Waals surface area (Å²) in [6, 6.07) is 3.57. The Bertz CT molecular complexity index is 474. The minimum absolute atomic E-state index is 0.0203. The van der Waals surface area contributed by atoms with Crippen LogP contribution in [-0.4, -0.2) is 39.6 Å². The molecule has 2 N–H and O–H groups in total. The number of amides is 2. The highest BCUT2D eigenvalue weighted by Crippen LogP contribution is 2.27. The molecule has 1 aromatic heterocycles. The Kier molecular flexibility index (Phi) is 4.55. The molecule has 0 aliphatic heterocycles. The molecule has 20 heavy (non-hydrogen) atoms. The molecular weight excluding hydrogens is 258 g/mol. The number of hydrogen-bond donors (Lipinski definition) is 2. The Morgan fingerprint density at radius 3 is 2.65 bits per heavy atom. The van der Waals surface area contributed by atoms with E-state index in [1.807, 2.05) is 19.1 Å². The van der Waals surface area contributed by atoms with Gasteiger partial charge in [0.15, 0.2) is 0 Å². The molecule has 1 aromatic rings. The smallest absolute Gasteiger partial charge is 0.318 e. The zero-order valence-electron chi connectivity index (χ0n) is 11.5. The zero-order valence-corrected chi connectivity index (χ0v) is 11.5. The second kappa shape index (κ2) is 6.36. The van der Waals surface area contributed by atoms with Crippen LogP contribution >= 0.6 is 0 Å². The molecule has 1 atom stereocenters. The predicted molar refractivity (Wildman–Crippen MR) is 73.2 cm³/mol. The molecule has 1 heterocycles. The number of aromatic nitrogens is 1. The van der Waals surface area contributed by atoms with Crippen molar-refractivity contribution in [1.82, 2.24) is 15.2 Å². The summed E-state index contributed by atoms with van der Waals surface area (Å²) in [6.45, 7) is 2.16. The molecule has 108 valence electrons. The van der Waals surface area contributed by atoms with E-state index >= 15 is 0 Å². The van der Waals surface area contributed by atoms with Crippen LogP contribution in [0, 0.1) is 0 Å². The molecule has 1 aliphatic rings. The summed E-state index contributed by atoms with van der Waals surface area (Å²) in [5.74, 6) is -0.884. The monoisotopic (exact) mass is 277 g/mol. The molecule has 0 radical (unpaired) electrons. The number of carbonyl (C=O) groups is 2. The molecule has 1 unspecified atom stereocenters. The highest BCUT2D eigenvalue weighted by Gasteiger charge is 2.33. The molecule has 0 spiro atoms. The van der Waals surface area contributed by atoms with E-state index in [-0.39, 0.29) is 31.1 Å². The SMILES string of the molecule is CC(NC(=O)N(CCC(=O)O)C1CC1)c1ccncc1. The largest absolute Gasteiger partial charge is 0.481 e. The maximum atomic E-state index is 12.2. The van der Waals surface area contributed by atoms with E-state index in [4.69, 9.17) is 5.11 Å². The molecule has 0 saturated heterocycles. The lowest BCUT2D eigenvalue weighted by Gasteiger charge is -2.24. The average molecular weight is 277 g/mol. The fraction of sp³-hybridized carbons (Fsp3) is 0.500. The van der Waals surface area contributed by atoms with Crippen molar-refractivity contribution in [2.75, 3.05) is 6.54 Å². The maximum Gasteiger partial charge on any atom is 0.318 e. The lowest BCUT2D eigenvalue weighted by molar-refractivity contribution is -0.137. The topological polar surface area (TPSA) is 82.5 Å². The molecular formula is C14H19N3O3. The molecule has 1 saturated carbocycles. The van der Waals surface area contributed by atoms with Crippen molar-refractivity contribution in [1.29, 1.82) is 0 Å². The van der Waals surface area contributed by atoms with Crippen molar-refractivity contribution in [2.45, 2.75) is 38.3 Å². The predicted octanol–water partition coefficient (Wildman–Crippen LogP) is 1.79. The Morgan fingerprint density at radius 2 is 2.10 bits per heavy atom. The van der Waals surface area contributed by atoms with Gasteiger partial charge in [-0.1, -0.05) is 0 Å². The number of carbonyl (C=O) groups excluding carboxylic acids is 1. The molecule has 0 aromatic carbocycles. The number of carboxylic acid groups (broad SMARTS) is 1. The van der Waals surface area contributed by atoms with Crippen molar-refractivity contribution in [3.8, 4) is 0 Å². The third-order valence-electron chi connectivity index (χ3n) is 3.36. The van der Waals surface area contributed by atoms with E-state index in [2.05, 4.69) is 10.3 Å². The molecule has 1 aliphatic carbocycles. The van der Waals surface area contributed by atoms with E-state index in [1.54, 1.807) is 17.3 Å². The number of nitrogens with one attached hydrogen (secondary N) is 1. The highest BCUT2D eigenvalue weighted by atomic mass is 16.4. The summed E-state index contributed by atoms with van der Waals surface area (Å²) < 4.78 is 0. The number of pyridine rings is 1. The summed E-state index contributed by atoms with van der Waals surface area (Å²) >= 11 is 0. The van der Waals surface area contributed by atoms with Crippen LogP contribution in [0.15, 0.2) is 24.5 Å². The molecule has 2 rings (SSSR count). The Morgan fingerprint density at radius 1 is 1.45 bits per heavy atom. The van der Waals surface area contributed by atoms with Crippen LogP contribution in [-0.2, 0) is 4.79 Å². The van der Waals surface area contributed by atoms with Crippen molar-refractivity contribution in [2.24, 2.45) is 0 Å². The van der Waals surface area contributed by atoms with Gasteiger partial charge in [-0.05, 0) is 37.5 Å². The fourth-order valence-corrected chi connectivity index (χ4v) is 2.06. The first-order valence-electron chi connectivity index (χ1n) is 6.77. The van der Waals surface area contributed by atoms with E-state index in [0.29, 0.717) is 0 Å². The van der Waals surface area contributed by atoms with Gasteiger partial charge in [-0.2, -0.15) is 0 Å². The summed E-state index contributed by atoms with van der Waals surface area (Å²) in [7, 11) is 0. The van der Waals surface area contributed by atoms with Gasteiger partial charge in [-0.25, -0.2) is 4.79 Å². The van der Waals surface area contributed by atoms with Crippen LogP contribution in [0.5, 0.6) is 0 Å². The first kappa shape index (κ1) is 14.3. The van der Waals surface area contributed by atoms with Gasteiger partial charge in [0.2, 0.25) is 0 Å². The zero-order chi connectivity index (χ0) is 14.5. The molecule has 0 bridgehead atoms. The fourth-order valence-electron chi connectivity index (χ4n) is 2.06. The standard InChI is InChI=1S/C14H19N3O3/c1-10(11-4-7-15-8-5-11)16-14(20)17(12-2-3-12)9-6-13(18)19/h4-5,7-8,10,12H,2-3,6,9H2,1H3,(H,16,20)(H,18,19). The van der Waals surface area contributed by atoms with Crippen molar-refractivity contribution < 1.29 is 14.7 Å². The Labute approximate surface area is 117 Å².